The van der Waals surface area contributed by atoms with E-state index in [1.165, 1.54) is 0 Å². The highest BCUT2D eigenvalue weighted by Gasteiger charge is 2.28. The Balaban J connectivity index is 1.89. The molecular weight excluding hydrogens is 332 g/mol. The van der Waals surface area contributed by atoms with Crippen molar-refractivity contribution in [2.24, 2.45) is 0 Å². The molecule has 0 bridgehead atoms. The number of fused-ring (bicyclic) bond motifs is 1. The first-order valence-corrected chi connectivity index (χ1v) is 9.82. The van der Waals surface area contributed by atoms with Crippen LogP contribution in [0, 0.1) is 13.8 Å². The molecule has 4 nitrogen and oxygen atoms in total. The predicted octanol–water partition coefficient (Wildman–Crippen LogP) is 4.08. The van der Waals surface area contributed by atoms with Gasteiger partial charge in [0.2, 0.25) is 10.0 Å². The normalized spacial score (nSPS) is 12.6. The van der Waals surface area contributed by atoms with Gasteiger partial charge in [-0.2, -0.15) is 0 Å². The summed E-state index contributed by atoms with van der Waals surface area (Å²) in [6, 6.07) is 13.5. The summed E-state index contributed by atoms with van der Waals surface area (Å²) >= 11 is 0. The van der Waals surface area contributed by atoms with Crippen LogP contribution in [0.2, 0.25) is 0 Å². The first-order valence-electron chi connectivity index (χ1n) is 8.34. The molecule has 0 fully saturated rings. The number of para-hydroxylation sites is 1. The number of rotatable bonds is 5. The van der Waals surface area contributed by atoms with Gasteiger partial charge in [0.1, 0.15) is 0 Å². The van der Waals surface area contributed by atoms with Crippen molar-refractivity contribution < 1.29 is 8.42 Å². The van der Waals surface area contributed by atoms with Crippen molar-refractivity contribution in [1.29, 1.82) is 0 Å². The smallest absolute Gasteiger partial charge is 0.241 e. The first kappa shape index (κ1) is 17.7. The third-order valence-corrected chi connectivity index (χ3v) is 6.19. The van der Waals surface area contributed by atoms with E-state index in [1.807, 2.05) is 64.2 Å². The molecule has 0 spiro atoms. The Bertz CT molecular complexity index is 1020. The van der Waals surface area contributed by atoms with E-state index in [4.69, 9.17) is 0 Å². The van der Waals surface area contributed by atoms with Crippen LogP contribution in [0.4, 0.5) is 0 Å². The standard InChI is InChI=1S/C20H24N2O2S/c1-14-9-10-15(2)19(11-14)25(23,24)22-20(3,4)12-16-13-21-18-8-6-5-7-17(16)18/h5-11,13,21-22H,12H2,1-4H3. The van der Waals surface area contributed by atoms with E-state index in [0.717, 1.165) is 27.6 Å². The Labute approximate surface area is 149 Å². The number of aromatic amines is 1. The van der Waals surface area contributed by atoms with Gasteiger partial charge in [-0.3, -0.25) is 0 Å². The zero-order valence-corrected chi connectivity index (χ0v) is 15.9. The Hall–Kier alpha value is -2.11. The molecule has 3 aromatic rings. The second-order valence-electron chi connectivity index (χ2n) is 7.29. The maximum Gasteiger partial charge on any atom is 0.241 e. The van der Waals surface area contributed by atoms with Crippen LogP contribution in [0.3, 0.4) is 0 Å². The van der Waals surface area contributed by atoms with Crippen molar-refractivity contribution >= 4 is 20.9 Å². The van der Waals surface area contributed by atoms with Gasteiger partial charge in [0, 0.05) is 22.6 Å². The van der Waals surface area contributed by atoms with E-state index >= 15 is 0 Å². The summed E-state index contributed by atoms with van der Waals surface area (Å²) in [5.74, 6) is 0. The fourth-order valence-corrected chi connectivity index (χ4v) is 4.95. The molecule has 1 heterocycles. The molecule has 0 radical (unpaired) electrons. The minimum absolute atomic E-state index is 0.347. The molecule has 3 rings (SSSR count). The molecule has 0 saturated carbocycles. The first-order chi connectivity index (χ1) is 11.7. The van der Waals surface area contributed by atoms with Gasteiger partial charge in [-0.15, -0.1) is 0 Å². The number of benzene rings is 2. The molecule has 25 heavy (non-hydrogen) atoms. The molecule has 0 aliphatic rings. The third-order valence-electron chi connectivity index (χ3n) is 4.35. The highest BCUT2D eigenvalue weighted by molar-refractivity contribution is 7.89. The lowest BCUT2D eigenvalue weighted by Crippen LogP contribution is -2.45. The summed E-state index contributed by atoms with van der Waals surface area (Å²) < 4.78 is 28.7. The topological polar surface area (TPSA) is 62.0 Å². The monoisotopic (exact) mass is 356 g/mol. The summed E-state index contributed by atoms with van der Waals surface area (Å²) in [5, 5.41) is 1.13. The number of hydrogen-bond donors (Lipinski definition) is 2. The van der Waals surface area contributed by atoms with Gasteiger partial charge in [-0.05, 0) is 62.9 Å². The van der Waals surface area contributed by atoms with Crippen LogP contribution >= 0.6 is 0 Å². The quantitative estimate of drug-likeness (QED) is 0.723. The molecule has 0 aliphatic heterocycles. The molecule has 132 valence electrons. The lowest BCUT2D eigenvalue weighted by atomic mass is 9.96. The maximum atomic E-state index is 12.9. The van der Waals surface area contributed by atoms with Crippen LogP contribution in [-0.2, 0) is 16.4 Å². The fourth-order valence-electron chi connectivity index (χ4n) is 3.21. The SMILES string of the molecule is Cc1ccc(C)c(S(=O)(=O)NC(C)(C)Cc2c[nH]c3ccccc23)c1. The van der Waals surface area contributed by atoms with E-state index in [0.29, 0.717) is 11.3 Å². The lowest BCUT2D eigenvalue weighted by Gasteiger charge is -2.26. The van der Waals surface area contributed by atoms with E-state index in [9.17, 15) is 8.42 Å². The number of aryl methyl sites for hydroxylation is 2. The molecule has 0 unspecified atom stereocenters. The van der Waals surface area contributed by atoms with Crippen molar-refractivity contribution in [3.8, 4) is 0 Å². The molecule has 5 heteroatoms. The third kappa shape index (κ3) is 3.78. The fraction of sp³-hybridized carbons (Fsp3) is 0.300. The number of aromatic nitrogens is 1. The van der Waals surface area contributed by atoms with Crippen molar-refractivity contribution in [3.63, 3.8) is 0 Å². The van der Waals surface area contributed by atoms with E-state index in [1.54, 1.807) is 6.07 Å². The van der Waals surface area contributed by atoms with Gasteiger partial charge in [0.05, 0.1) is 4.90 Å². The average Bonchev–Trinajstić information content (AvgIpc) is 2.91. The lowest BCUT2D eigenvalue weighted by molar-refractivity contribution is 0.451. The molecular formula is C20H24N2O2S. The molecule has 0 saturated heterocycles. The zero-order chi connectivity index (χ0) is 18.2. The van der Waals surface area contributed by atoms with Crippen molar-refractivity contribution in [2.75, 3.05) is 0 Å². The van der Waals surface area contributed by atoms with Crippen LogP contribution in [0.25, 0.3) is 10.9 Å². The predicted molar refractivity (Wildman–Crippen MR) is 102 cm³/mol. The van der Waals surface area contributed by atoms with Crippen LogP contribution in [-0.4, -0.2) is 18.9 Å². The van der Waals surface area contributed by atoms with E-state index < -0.39 is 15.6 Å². The Morgan fingerprint density at radius 3 is 2.56 bits per heavy atom. The van der Waals surface area contributed by atoms with Gasteiger partial charge < -0.3 is 4.98 Å². The van der Waals surface area contributed by atoms with Gasteiger partial charge in [-0.25, -0.2) is 13.1 Å². The minimum atomic E-state index is -3.59. The molecule has 0 amide bonds. The molecule has 0 aliphatic carbocycles. The number of nitrogens with one attached hydrogen (secondary N) is 2. The number of sulfonamides is 1. The summed E-state index contributed by atoms with van der Waals surface area (Å²) in [6.45, 7) is 7.55. The Morgan fingerprint density at radius 1 is 1.08 bits per heavy atom. The summed E-state index contributed by atoms with van der Waals surface area (Å²) in [5.41, 5.74) is 3.23. The maximum absolute atomic E-state index is 12.9. The van der Waals surface area contributed by atoms with Crippen LogP contribution < -0.4 is 4.72 Å². The van der Waals surface area contributed by atoms with Gasteiger partial charge in [-0.1, -0.05) is 30.3 Å². The van der Waals surface area contributed by atoms with Crippen LogP contribution in [0.15, 0.2) is 53.6 Å². The number of hydrogen-bond acceptors (Lipinski definition) is 2. The van der Waals surface area contributed by atoms with Crippen LogP contribution in [0.1, 0.15) is 30.5 Å². The van der Waals surface area contributed by atoms with Gasteiger partial charge in [0.15, 0.2) is 0 Å². The highest BCUT2D eigenvalue weighted by atomic mass is 32.2. The minimum Gasteiger partial charge on any atom is -0.361 e. The second kappa shape index (κ2) is 6.32. The zero-order valence-electron chi connectivity index (χ0n) is 15.1. The van der Waals surface area contributed by atoms with Crippen molar-refractivity contribution in [2.45, 2.75) is 44.6 Å². The largest absolute Gasteiger partial charge is 0.361 e. The summed E-state index contributed by atoms with van der Waals surface area (Å²) in [4.78, 5) is 3.59. The Morgan fingerprint density at radius 2 is 1.80 bits per heavy atom. The molecule has 0 atom stereocenters. The number of H-pyrrole nitrogens is 1. The van der Waals surface area contributed by atoms with E-state index in [-0.39, 0.29) is 0 Å². The highest BCUT2D eigenvalue weighted by Crippen LogP contribution is 2.24. The summed E-state index contributed by atoms with van der Waals surface area (Å²) in [7, 11) is -3.59. The van der Waals surface area contributed by atoms with Gasteiger partial charge >= 0.3 is 0 Å². The van der Waals surface area contributed by atoms with E-state index in [2.05, 4.69) is 15.8 Å². The molecule has 2 aromatic carbocycles. The average molecular weight is 356 g/mol. The summed E-state index contributed by atoms with van der Waals surface area (Å²) in [6.07, 6.45) is 2.56. The second-order valence-corrected chi connectivity index (χ2v) is 8.95. The molecule has 2 N–H and O–H groups in total. The van der Waals surface area contributed by atoms with Crippen LogP contribution in [0.5, 0.6) is 0 Å². The molecule has 1 aromatic heterocycles. The van der Waals surface area contributed by atoms with Crippen molar-refractivity contribution in [1.82, 2.24) is 9.71 Å². The van der Waals surface area contributed by atoms with Gasteiger partial charge in [0.25, 0.3) is 0 Å². The Kier molecular flexibility index (Phi) is 4.47. The van der Waals surface area contributed by atoms with Crippen molar-refractivity contribution in [3.05, 3.63) is 65.4 Å².